The van der Waals surface area contributed by atoms with Crippen molar-refractivity contribution in [2.75, 3.05) is 26.2 Å². The third-order valence-electron chi connectivity index (χ3n) is 4.21. The van der Waals surface area contributed by atoms with E-state index in [2.05, 4.69) is 5.32 Å². The number of nitrogens with zero attached hydrogens (tertiary/aromatic N) is 1. The van der Waals surface area contributed by atoms with E-state index in [-0.39, 0.29) is 24.3 Å². The molecule has 1 aliphatic rings. The highest BCUT2D eigenvalue weighted by atomic mass is 16.2. The molecule has 1 atom stereocenters. The van der Waals surface area contributed by atoms with E-state index in [9.17, 15) is 9.59 Å². The number of aliphatic hydroxyl groups excluding tert-OH is 1. The monoisotopic (exact) mass is 330 g/mol. The lowest BCUT2D eigenvalue weighted by Crippen LogP contribution is -2.45. The van der Waals surface area contributed by atoms with Crippen LogP contribution in [0.25, 0.3) is 0 Å². The molecule has 5 heteroatoms. The third kappa shape index (κ3) is 4.93. The van der Waals surface area contributed by atoms with Crippen molar-refractivity contribution < 1.29 is 14.7 Å². The van der Waals surface area contributed by atoms with Crippen molar-refractivity contribution in [2.45, 2.75) is 26.7 Å². The van der Waals surface area contributed by atoms with Crippen LogP contribution < -0.4 is 5.32 Å². The zero-order valence-electron chi connectivity index (χ0n) is 14.4. The maximum absolute atomic E-state index is 12.7. The van der Waals surface area contributed by atoms with Gasteiger partial charge in [0.1, 0.15) is 0 Å². The predicted molar refractivity (Wildman–Crippen MR) is 93.8 cm³/mol. The van der Waals surface area contributed by atoms with E-state index >= 15 is 0 Å². The summed E-state index contributed by atoms with van der Waals surface area (Å²) in [4.78, 5) is 26.7. The van der Waals surface area contributed by atoms with Gasteiger partial charge in [-0.3, -0.25) is 9.59 Å². The number of likely N-dealkylation sites (tertiary alicyclic amines) is 1. The first-order valence-corrected chi connectivity index (χ1v) is 8.42. The van der Waals surface area contributed by atoms with Crippen LogP contribution in [0, 0.1) is 19.8 Å². The van der Waals surface area contributed by atoms with Crippen LogP contribution in [-0.4, -0.2) is 48.1 Å². The molecule has 130 valence electrons. The number of carbonyl (C=O) groups is 2. The van der Waals surface area contributed by atoms with Gasteiger partial charge < -0.3 is 15.3 Å². The van der Waals surface area contributed by atoms with Gasteiger partial charge in [-0.2, -0.15) is 0 Å². The molecule has 24 heavy (non-hydrogen) atoms. The maximum atomic E-state index is 12.7. The number of piperidine rings is 1. The lowest BCUT2D eigenvalue weighted by Gasteiger charge is -2.32. The van der Waals surface area contributed by atoms with Gasteiger partial charge in [-0.25, -0.2) is 0 Å². The van der Waals surface area contributed by atoms with Crippen LogP contribution in [0.5, 0.6) is 0 Å². The van der Waals surface area contributed by atoms with Gasteiger partial charge in [0, 0.05) is 25.2 Å². The molecule has 0 aliphatic carbocycles. The normalized spacial score (nSPS) is 18.0. The summed E-state index contributed by atoms with van der Waals surface area (Å²) in [5.74, 6) is -0.203. The minimum Gasteiger partial charge on any atom is -0.392 e. The Hall–Kier alpha value is -2.14. The van der Waals surface area contributed by atoms with E-state index in [1.807, 2.05) is 32.0 Å². The minimum absolute atomic E-state index is 0.000485. The summed E-state index contributed by atoms with van der Waals surface area (Å²) in [5, 5.41) is 11.5. The number of nitrogens with one attached hydrogen (secondary N) is 1. The molecule has 1 saturated heterocycles. The summed E-state index contributed by atoms with van der Waals surface area (Å²) in [6, 6.07) is 5.85. The van der Waals surface area contributed by atoms with E-state index in [0.717, 1.165) is 24.0 Å². The van der Waals surface area contributed by atoms with Crippen molar-refractivity contribution in [3.63, 3.8) is 0 Å². The van der Waals surface area contributed by atoms with Crippen LogP contribution in [0.1, 0.15) is 34.3 Å². The Labute approximate surface area is 143 Å². The van der Waals surface area contributed by atoms with Crippen molar-refractivity contribution in [3.05, 3.63) is 47.0 Å². The van der Waals surface area contributed by atoms with Crippen molar-refractivity contribution in [1.82, 2.24) is 10.2 Å². The number of hydrogen-bond acceptors (Lipinski definition) is 3. The van der Waals surface area contributed by atoms with Crippen LogP contribution in [0.2, 0.25) is 0 Å². The van der Waals surface area contributed by atoms with Crippen LogP contribution >= 0.6 is 0 Å². The topological polar surface area (TPSA) is 69.6 Å². The van der Waals surface area contributed by atoms with E-state index in [1.165, 1.54) is 0 Å². The zero-order chi connectivity index (χ0) is 17.5. The van der Waals surface area contributed by atoms with Gasteiger partial charge in [0.2, 0.25) is 5.91 Å². The molecule has 2 N–H and O–H groups in total. The smallest absolute Gasteiger partial charge is 0.253 e. The molecule has 1 fully saturated rings. The summed E-state index contributed by atoms with van der Waals surface area (Å²) in [6.45, 7) is 5.49. The van der Waals surface area contributed by atoms with E-state index in [0.29, 0.717) is 25.2 Å². The van der Waals surface area contributed by atoms with Gasteiger partial charge in [0.15, 0.2) is 0 Å². The number of aryl methyl sites for hydroxylation is 2. The zero-order valence-corrected chi connectivity index (χ0v) is 14.4. The Morgan fingerprint density at radius 1 is 1.25 bits per heavy atom. The Morgan fingerprint density at radius 3 is 2.62 bits per heavy atom. The van der Waals surface area contributed by atoms with Crippen LogP contribution in [0.3, 0.4) is 0 Å². The van der Waals surface area contributed by atoms with E-state index in [1.54, 1.807) is 17.1 Å². The van der Waals surface area contributed by atoms with Gasteiger partial charge in [-0.05, 0) is 38.8 Å². The largest absolute Gasteiger partial charge is 0.392 e. The molecular weight excluding hydrogens is 304 g/mol. The fourth-order valence-electron chi connectivity index (χ4n) is 3.12. The van der Waals surface area contributed by atoms with Crippen LogP contribution in [0.4, 0.5) is 0 Å². The van der Waals surface area contributed by atoms with Gasteiger partial charge in [0.25, 0.3) is 5.91 Å². The van der Waals surface area contributed by atoms with Gasteiger partial charge in [-0.15, -0.1) is 0 Å². The van der Waals surface area contributed by atoms with Gasteiger partial charge in [-0.1, -0.05) is 29.3 Å². The molecule has 1 heterocycles. The van der Waals surface area contributed by atoms with Crippen molar-refractivity contribution in [2.24, 2.45) is 5.92 Å². The average molecular weight is 330 g/mol. The molecule has 2 rings (SSSR count). The molecular formula is C19H26N2O3. The molecule has 1 aromatic rings. The number of benzene rings is 1. The van der Waals surface area contributed by atoms with E-state index < -0.39 is 0 Å². The lowest BCUT2D eigenvalue weighted by molar-refractivity contribution is -0.126. The second-order valence-corrected chi connectivity index (χ2v) is 6.37. The van der Waals surface area contributed by atoms with Crippen molar-refractivity contribution in [3.8, 4) is 0 Å². The summed E-state index contributed by atoms with van der Waals surface area (Å²) in [7, 11) is 0. The highest BCUT2D eigenvalue weighted by Gasteiger charge is 2.28. The molecule has 1 unspecified atom stereocenters. The summed E-state index contributed by atoms with van der Waals surface area (Å²) in [6.07, 6.45) is 4.95. The van der Waals surface area contributed by atoms with Crippen molar-refractivity contribution >= 4 is 11.8 Å². The van der Waals surface area contributed by atoms with Gasteiger partial charge in [0.05, 0.1) is 12.5 Å². The molecule has 2 amide bonds. The molecule has 5 nitrogen and oxygen atoms in total. The first kappa shape index (κ1) is 18.2. The standard InChI is InChI=1S/C19H26N2O3/c1-14-10-15(2)12-17(11-14)19(24)21-8-5-6-16(13-21)18(23)20-7-3-4-9-22/h3-4,10-12,16,22H,5-9,13H2,1-2H3,(H,20,23). The number of rotatable bonds is 5. The first-order valence-electron chi connectivity index (χ1n) is 8.42. The summed E-state index contributed by atoms with van der Waals surface area (Å²) >= 11 is 0. The van der Waals surface area contributed by atoms with Crippen molar-refractivity contribution in [1.29, 1.82) is 0 Å². The second kappa shape index (κ2) is 8.64. The Kier molecular flexibility index (Phi) is 6.55. The highest BCUT2D eigenvalue weighted by molar-refractivity contribution is 5.95. The summed E-state index contributed by atoms with van der Waals surface area (Å²) in [5.41, 5.74) is 2.83. The molecule has 0 spiro atoms. The maximum Gasteiger partial charge on any atom is 0.253 e. The second-order valence-electron chi connectivity index (χ2n) is 6.37. The molecule has 0 bridgehead atoms. The highest BCUT2D eigenvalue weighted by Crippen LogP contribution is 2.20. The van der Waals surface area contributed by atoms with Gasteiger partial charge >= 0.3 is 0 Å². The SMILES string of the molecule is Cc1cc(C)cc(C(=O)N2CCCC(C(=O)NCC=CCO)C2)c1. The number of carbonyl (C=O) groups excluding carboxylic acids is 2. The minimum atomic E-state index is -0.170. The third-order valence-corrected chi connectivity index (χ3v) is 4.21. The Morgan fingerprint density at radius 2 is 1.96 bits per heavy atom. The molecule has 0 aromatic heterocycles. The number of aliphatic hydroxyl groups is 1. The predicted octanol–water partition coefficient (Wildman–Crippen LogP) is 1.82. The average Bonchev–Trinajstić information content (AvgIpc) is 2.57. The fourth-order valence-corrected chi connectivity index (χ4v) is 3.12. The molecule has 1 aromatic carbocycles. The summed E-state index contributed by atoms with van der Waals surface area (Å²) < 4.78 is 0. The first-order chi connectivity index (χ1) is 11.5. The van der Waals surface area contributed by atoms with Crippen LogP contribution in [-0.2, 0) is 4.79 Å². The van der Waals surface area contributed by atoms with E-state index in [4.69, 9.17) is 5.11 Å². The Bertz CT molecular complexity index is 605. The number of hydrogen-bond donors (Lipinski definition) is 2. The fraction of sp³-hybridized carbons (Fsp3) is 0.474. The lowest BCUT2D eigenvalue weighted by atomic mass is 9.96. The van der Waals surface area contributed by atoms with Crippen LogP contribution in [0.15, 0.2) is 30.4 Å². The Balaban J connectivity index is 1.98. The molecule has 1 aliphatic heterocycles. The molecule has 0 radical (unpaired) electrons. The number of amides is 2. The molecule has 0 saturated carbocycles. The quantitative estimate of drug-likeness (QED) is 0.809.